The number of aliphatic hydroxyl groups is 1. The SMILES string of the molecule is COc1ccc(C)cc1C1(O)CCNCC1. The quantitative estimate of drug-likeness (QED) is 0.796. The molecule has 1 aromatic carbocycles. The predicted molar refractivity (Wildman–Crippen MR) is 63.7 cm³/mol. The lowest BCUT2D eigenvalue weighted by Gasteiger charge is -2.34. The number of hydrogen-bond acceptors (Lipinski definition) is 3. The third kappa shape index (κ3) is 2.06. The normalized spacial score (nSPS) is 19.4. The van der Waals surface area contributed by atoms with Crippen LogP contribution in [0.1, 0.15) is 24.0 Å². The largest absolute Gasteiger partial charge is 0.496 e. The minimum atomic E-state index is -0.734. The van der Waals surface area contributed by atoms with Gasteiger partial charge in [0, 0.05) is 5.56 Å². The van der Waals surface area contributed by atoms with Crippen molar-refractivity contribution in [3.05, 3.63) is 29.3 Å². The summed E-state index contributed by atoms with van der Waals surface area (Å²) in [5, 5.41) is 13.9. The average molecular weight is 221 g/mol. The van der Waals surface area contributed by atoms with Crippen LogP contribution in [-0.2, 0) is 5.60 Å². The second-order valence-corrected chi connectivity index (χ2v) is 4.49. The van der Waals surface area contributed by atoms with Crippen molar-refractivity contribution in [2.75, 3.05) is 20.2 Å². The van der Waals surface area contributed by atoms with Crippen molar-refractivity contribution in [3.63, 3.8) is 0 Å². The molecule has 1 aliphatic heterocycles. The Morgan fingerprint density at radius 1 is 1.31 bits per heavy atom. The Morgan fingerprint density at radius 3 is 2.62 bits per heavy atom. The Kier molecular flexibility index (Phi) is 3.17. The summed E-state index contributed by atoms with van der Waals surface area (Å²) in [6.07, 6.45) is 1.49. The maximum Gasteiger partial charge on any atom is 0.124 e. The smallest absolute Gasteiger partial charge is 0.124 e. The molecule has 2 N–H and O–H groups in total. The second kappa shape index (κ2) is 4.44. The standard InChI is InChI=1S/C13H19NO2/c1-10-3-4-12(16-2)11(9-10)13(15)5-7-14-8-6-13/h3-4,9,14-15H,5-8H2,1-2H3. The van der Waals surface area contributed by atoms with E-state index in [1.807, 2.05) is 25.1 Å². The fourth-order valence-corrected chi connectivity index (χ4v) is 2.30. The van der Waals surface area contributed by atoms with Crippen molar-refractivity contribution in [1.29, 1.82) is 0 Å². The number of rotatable bonds is 2. The van der Waals surface area contributed by atoms with Crippen molar-refractivity contribution >= 4 is 0 Å². The van der Waals surface area contributed by atoms with Crippen molar-refractivity contribution < 1.29 is 9.84 Å². The van der Waals surface area contributed by atoms with Gasteiger partial charge in [0.1, 0.15) is 5.75 Å². The lowest BCUT2D eigenvalue weighted by atomic mass is 9.84. The molecular weight excluding hydrogens is 202 g/mol. The molecule has 0 saturated carbocycles. The van der Waals surface area contributed by atoms with Crippen LogP contribution in [0.3, 0.4) is 0 Å². The first-order valence-electron chi connectivity index (χ1n) is 5.74. The minimum Gasteiger partial charge on any atom is -0.496 e. The summed E-state index contributed by atoms with van der Waals surface area (Å²) in [6, 6.07) is 5.97. The first-order chi connectivity index (χ1) is 7.65. The molecule has 1 aliphatic rings. The fourth-order valence-electron chi connectivity index (χ4n) is 2.30. The van der Waals surface area contributed by atoms with E-state index in [1.165, 1.54) is 0 Å². The summed E-state index contributed by atoms with van der Waals surface area (Å²) in [4.78, 5) is 0. The van der Waals surface area contributed by atoms with Crippen LogP contribution in [0.2, 0.25) is 0 Å². The van der Waals surface area contributed by atoms with Crippen molar-refractivity contribution in [2.45, 2.75) is 25.4 Å². The summed E-state index contributed by atoms with van der Waals surface area (Å²) in [6.45, 7) is 3.74. The molecule has 1 heterocycles. The number of ether oxygens (including phenoxy) is 1. The lowest BCUT2D eigenvalue weighted by Crippen LogP contribution is -2.39. The van der Waals surface area contributed by atoms with Crippen LogP contribution in [0.25, 0.3) is 0 Å². The van der Waals surface area contributed by atoms with Gasteiger partial charge in [-0.2, -0.15) is 0 Å². The maximum absolute atomic E-state index is 10.7. The van der Waals surface area contributed by atoms with Crippen molar-refractivity contribution in [1.82, 2.24) is 5.32 Å². The minimum absolute atomic E-state index is 0.734. The van der Waals surface area contributed by atoms with E-state index in [1.54, 1.807) is 7.11 Å². The Morgan fingerprint density at radius 2 is 2.00 bits per heavy atom. The molecule has 0 radical (unpaired) electrons. The van der Waals surface area contributed by atoms with Gasteiger partial charge in [0.05, 0.1) is 12.7 Å². The monoisotopic (exact) mass is 221 g/mol. The number of hydrogen-bond donors (Lipinski definition) is 2. The van der Waals surface area contributed by atoms with E-state index < -0.39 is 5.60 Å². The molecule has 1 fully saturated rings. The Bertz CT molecular complexity index is 370. The fraction of sp³-hybridized carbons (Fsp3) is 0.538. The number of aryl methyl sites for hydroxylation is 1. The van der Waals surface area contributed by atoms with Gasteiger partial charge in [-0.25, -0.2) is 0 Å². The van der Waals surface area contributed by atoms with Gasteiger partial charge in [-0.15, -0.1) is 0 Å². The Hall–Kier alpha value is -1.06. The van der Waals surface area contributed by atoms with E-state index in [2.05, 4.69) is 5.32 Å². The highest BCUT2D eigenvalue weighted by molar-refractivity contribution is 5.41. The van der Waals surface area contributed by atoms with Crippen LogP contribution in [-0.4, -0.2) is 25.3 Å². The molecular formula is C13H19NO2. The lowest BCUT2D eigenvalue weighted by molar-refractivity contribution is 0.00388. The number of benzene rings is 1. The molecule has 0 amide bonds. The van der Waals surface area contributed by atoms with Crippen LogP contribution in [0.4, 0.5) is 0 Å². The summed E-state index contributed by atoms with van der Waals surface area (Å²) in [5.41, 5.74) is 1.35. The Labute approximate surface area is 96.4 Å². The molecule has 16 heavy (non-hydrogen) atoms. The highest BCUT2D eigenvalue weighted by atomic mass is 16.5. The molecule has 1 aromatic rings. The summed E-state index contributed by atoms with van der Waals surface area (Å²) in [7, 11) is 1.65. The second-order valence-electron chi connectivity index (χ2n) is 4.49. The highest BCUT2D eigenvalue weighted by Gasteiger charge is 2.33. The average Bonchev–Trinajstić information content (AvgIpc) is 2.30. The third-order valence-electron chi connectivity index (χ3n) is 3.29. The topological polar surface area (TPSA) is 41.5 Å². The van der Waals surface area contributed by atoms with Crippen LogP contribution in [0.5, 0.6) is 5.75 Å². The highest BCUT2D eigenvalue weighted by Crippen LogP contribution is 2.36. The number of nitrogens with one attached hydrogen (secondary N) is 1. The van der Waals surface area contributed by atoms with Gasteiger partial charge in [-0.1, -0.05) is 11.6 Å². The molecule has 0 aliphatic carbocycles. The maximum atomic E-state index is 10.7. The van der Waals surface area contributed by atoms with Gasteiger partial charge >= 0.3 is 0 Å². The molecule has 3 nitrogen and oxygen atoms in total. The third-order valence-corrected chi connectivity index (χ3v) is 3.29. The molecule has 0 aromatic heterocycles. The van der Waals surface area contributed by atoms with Crippen LogP contribution in [0.15, 0.2) is 18.2 Å². The van der Waals surface area contributed by atoms with E-state index >= 15 is 0 Å². The molecule has 1 saturated heterocycles. The van der Waals surface area contributed by atoms with Gasteiger partial charge < -0.3 is 15.2 Å². The van der Waals surface area contributed by atoms with Crippen LogP contribution >= 0.6 is 0 Å². The van der Waals surface area contributed by atoms with E-state index in [0.717, 1.165) is 42.8 Å². The van der Waals surface area contributed by atoms with Crippen LogP contribution < -0.4 is 10.1 Å². The zero-order valence-electron chi connectivity index (χ0n) is 9.92. The molecule has 88 valence electrons. The predicted octanol–water partition coefficient (Wildman–Crippen LogP) is 1.57. The van der Waals surface area contributed by atoms with E-state index in [0.29, 0.717) is 0 Å². The zero-order valence-corrected chi connectivity index (χ0v) is 9.92. The zero-order chi connectivity index (χ0) is 11.6. The van der Waals surface area contributed by atoms with Gasteiger partial charge in [0.2, 0.25) is 0 Å². The van der Waals surface area contributed by atoms with Gasteiger partial charge in [0.15, 0.2) is 0 Å². The van der Waals surface area contributed by atoms with Gasteiger partial charge in [0.25, 0.3) is 0 Å². The van der Waals surface area contributed by atoms with Crippen LogP contribution in [0, 0.1) is 6.92 Å². The molecule has 0 atom stereocenters. The Balaban J connectivity index is 2.40. The first kappa shape index (κ1) is 11.4. The first-order valence-corrected chi connectivity index (χ1v) is 5.74. The molecule has 0 bridgehead atoms. The molecule has 0 spiro atoms. The number of methoxy groups -OCH3 is 1. The van der Waals surface area contributed by atoms with E-state index in [9.17, 15) is 5.11 Å². The number of piperidine rings is 1. The van der Waals surface area contributed by atoms with Gasteiger partial charge in [-0.05, 0) is 45.0 Å². The van der Waals surface area contributed by atoms with Crippen molar-refractivity contribution in [3.8, 4) is 5.75 Å². The van der Waals surface area contributed by atoms with Crippen molar-refractivity contribution in [2.24, 2.45) is 0 Å². The van der Waals surface area contributed by atoms with E-state index in [-0.39, 0.29) is 0 Å². The molecule has 0 unspecified atom stereocenters. The van der Waals surface area contributed by atoms with Gasteiger partial charge in [-0.3, -0.25) is 0 Å². The molecule has 3 heteroatoms. The molecule has 2 rings (SSSR count). The van der Waals surface area contributed by atoms with E-state index in [4.69, 9.17) is 4.74 Å². The summed E-state index contributed by atoms with van der Waals surface area (Å²) in [5.74, 6) is 0.787. The summed E-state index contributed by atoms with van der Waals surface area (Å²) < 4.78 is 5.34. The summed E-state index contributed by atoms with van der Waals surface area (Å²) >= 11 is 0.